The normalized spacial score (nSPS) is 16.3. The average molecular weight is 335 g/mol. The van der Waals surface area contributed by atoms with Crippen molar-refractivity contribution in [2.45, 2.75) is 6.04 Å². The number of nitrogens with one attached hydrogen (secondary N) is 1. The van der Waals surface area contributed by atoms with Gasteiger partial charge in [0, 0.05) is 24.6 Å². The van der Waals surface area contributed by atoms with Crippen LogP contribution in [0.25, 0.3) is 0 Å². The minimum atomic E-state index is -0.321. The fourth-order valence-electron chi connectivity index (χ4n) is 2.28. The predicted molar refractivity (Wildman–Crippen MR) is 90.0 cm³/mol. The van der Waals surface area contributed by atoms with Crippen LogP contribution in [0.15, 0.2) is 30.3 Å². The van der Waals surface area contributed by atoms with Gasteiger partial charge in [0.05, 0.1) is 0 Å². The molecule has 2 amide bonds. The van der Waals surface area contributed by atoms with Crippen molar-refractivity contribution in [2.75, 3.05) is 30.3 Å². The number of anilines is 1. The molecular formula is C14H17N5OS2. The van der Waals surface area contributed by atoms with Gasteiger partial charge in [-0.15, -0.1) is 10.2 Å². The summed E-state index contributed by atoms with van der Waals surface area (Å²) in [6, 6.07) is 9.37. The molecule has 1 saturated heterocycles. The number of nitrogen functional groups attached to an aromatic ring is 1. The molecule has 1 aromatic heterocycles. The monoisotopic (exact) mass is 335 g/mol. The Bertz CT molecular complexity index is 627. The maximum atomic E-state index is 12.5. The maximum Gasteiger partial charge on any atom is 0.318 e. The number of hydrogen-bond acceptors (Lipinski definition) is 6. The van der Waals surface area contributed by atoms with Crippen molar-refractivity contribution in [2.24, 2.45) is 0 Å². The van der Waals surface area contributed by atoms with E-state index in [4.69, 9.17) is 5.73 Å². The molecule has 0 bridgehead atoms. The van der Waals surface area contributed by atoms with Gasteiger partial charge in [-0.25, -0.2) is 4.79 Å². The fourth-order valence-corrected chi connectivity index (χ4v) is 3.87. The van der Waals surface area contributed by atoms with Crippen molar-refractivity contribution < 1.29 is 4.79 Å². The van der Waals surface area contributed by atoms with Gasteiger partial charge in [-0.1, -0.05) is 41.7 Å². The van der Waals surface area contributed by atoms with Crippen LogP contribution in [0, 0.1) is 0 Å². The first-order chi connectivity index (χ1) is 10.7. The topological polar surface area (TPSA) is 84.1 Å². The summed E-state index contributed by atoms with van der Waals surface area (Å²) in [5.74, 6) is 1.96. The summed E-state index contributed by atoms with van der Waals surface area (Å²) in [5, 5.41) is 12.1. The van der Waals surface area contributed by atoms with Crippen LogP contribution in [0.4, 0.5) is 9.93 Å². The van der Waals surface area contributed by atoms with E-state index in [9.17, 15) is 4.79 Å². The summed E-state index contributed by atoms with van der Waals surface area (Å²) in [7, 11) is 0. The molecule has 0 unspecified atom stereocenters. The molecule has 2 aromatic rings. The number of hydrogen-bond donors (Lipinski definition) is 2. The second kappa shape index (κ2) is 6.97. The highest BCUT2D eigenvalue weighted by molar-refractivity contribution is 7.99. The van der Waals surface area contributed by atoms with Crippen molar-refractivity contribution in [3.63, 3.8) is 0 Å². The molecule has 1 atom stereocenters. The third kappa shape index (κ3) is 3.50. The highest BCUT2D eigenvalue weighted by Gasteiger charge is 2.24. The lowest BCUT2D eigenvalue weighted by Crippen LogP contribution is -2.45. The van der Waals surface area contributed by atoms with Crippen LogP contribution in [0.2, 0.25) is 0 Å². The number of amides is 2. The van der Waals surface area contributed by atoms with E-state index in [1.54, 1.807) is 0 Å². The van der Waals surface area contributed by atoms with Gasteiger partial charge in [0.1, 0.15) is 11.0 Å². The van der Waals surface area contributed by atoms with Crippen LogP contribution in [-0.2, 0) is 0 Å². The number of carbonyl (C=O) groups is 1. The minimum absolute atomic E-state index is 0.0667. The number of aromatic nitrogens is 2. The number of carbonyl (C=O) groups excluding carboxylic acids is 1. The van der Waals surface area contributed by atoms with E-state index in [0.29, 0.717) is 10.1 Å². The molecule has 0 spiro atoms. The molecule has 0 saturated carbocycles. The van der Waals surface area contributed by atoms with Crippen LogP contribution in [0.1, 0.15) is 16.6 Å². The minimum Gasteiger partial charge on any atom is -0.374 e. The van der Waals surface area contributed by atoms with Crippen LogP contribution >= 0.6 is 23.1 Å². The van der Waals surface area contributed by atoms with Gasteiger partial charge in [0.15, 0.2) is 0 Å². The molecule has 1 fully saturated rings. The summed E-state index contributed by atoms with van der Waals surface area (Å²) in [4.78, 5) is 14.3. The Morgan fingerprint density at radius 2 is 1.95 bits per heavy atom. The number of nitrogens with two attached hydrogens (primary N) is 1. The van der Waals surface area contributed by atoms with Gasteiger partial charge in [-0.2, -0.15) is 11.8 Å². The first-order valence-electron chi connectivity index (χ1n) is 7.01. The van der Waals surface area contributed by atoms with E-state index in [-0.39, 0.29) is 12.1 Å². The average Bonchev–Trinajstić information content (AvgIpc) is 3.00. The zero-order valence-electron chi connectivity index (χ0n) is 11.9. The first-order valence-corrected chi connectivity index (χ1v) is 8.98. The number of rotatable bonds is 3. The zero-order chi connectivity index (χ0) is 15.4. The van der Waals surface area contributed by atoms with Crippen molar-refractivity contribution in [3.05, 3.63) is 40.9 Å². The second-order valence-corrected chi connectivity index (χ2v) is 7.14. The second-order valence-electron chi connectivity index (χ2n) is 4.87. The Hall–Kier alpha value is -1.80. The molecular weight excluding hydrogens is 318 g/mol. The number of thioether (sulfide) groups is 1. The van der Waals surface area contributed by atoms with Gasteiger partial charge in [0.2, 0.25) is 5.13 Å². The van der Waals surface area contributed by atoms with E-state index in [1.807, 2.05) is 47.0 Å². The standard InChI is InChI=1S/C14H17N5OS2/c15-13-18-17-12(22-13)11(10-4-2-1-3-5-10)16-14(20)19-6-8-21-9-7-19/h1-5,11H,6-9H2,(H2,15,18)(H,16,20)/t11-/m1/s1. The third-order valence-corrected chi connectivity index (χ3v) is 5.16. The Labute approximate surface area is 137 Å². The molecule has 0 aliphatic carbocycles. The lowest BCUT2D eigenvalue weighted by atomic mass is 10.1. The largest absolute Gasteiger partial charge is 0.374 e. The molecule has 0 radical (unpaired) electrons. The number of nitrogens with zero attached hydrogens (tertiary/aromatic N) is 3. The van der Waals surface area contributed by atoms with Crippen LogP contribution < -0.4 is 11.1 Å². The van der Waals surface area contributed by atoms with E-state index >= 15 is 0 Å². The van der Waals surface area contributed by atoms with E-state index < -0.39 is 0 Å². The molecule has 3 rings (SSSR count). The van der Waals surface area contributed by atoms with Gasteiger partial charge in [-0.05, 0) is 5.56 Å². The molecule has 1 aromatic carbocycles. The number of benzene rings is 1. The summed E-state index contributed by atoms with van der Waals surface area (Å²) in [6.07, 6.45) is 0. The van der Waals surface area contributed by atoms with E-state index in [0.717, 1.165) is 30.2 Å². The van der Waals surface area contributed by atoms with Gasteiger partial charge >= 0.3 is 6.03 Å². The first kappa shape index (κ1) is 15.1. The SMILES string of the molecule is Nc1nnc([C@H](NC(=O)N2CCSCC2)c2ccccc2)s1. The summed E-state index contributed by atoms with van der Waals surface area (Å²) in [6.45, 7) is 1.55. The van der Waals surface area contributed by atoms with Crippen molar-refractivity contribution in [1.82, 2.24) is 20.4 Å². The van der Waals surface area contributed by atoms with Crippen LogP contribution in [0.5, 0.6) is 0 Å². The predicted octanol–water partition coefficient (Wildman–Crippen LogP) is 1.97. The zero-order valence-corrected chi connectivity index (χ0v) is 13.6. The molecule has 8 heteroatoms. The molecule has 1 aliphatic rings. The Morgan fingerprint density at radius 3 is 2.59 bits per heavy atom. The smallest absolute Gasteiger partial charge is 0.318 e. The number of urea groups is 1. The maximum absolute atomic E-state index is 12.5. The highest BCUT2D eigenvalue weighted by atomic mass is 32.2. The molecule has 3 N–H and O–H groups in total. The molecule has 116 valence electrons. The van der Waals surface area contributed by atoms with Crippen molar-refractivity contribution in [3.8, 4) is 0 Å². The van der Waals surface area contributed by atoms with E-state index in [2.05, 4.69) is 15.5 Å². The Morgan fingerprint density at radius 1 is 1.23 bits per heavy atom. The third-order valence-electron chi connectivity index (χ3n) is 3.40. The van der Waals surface area contributed by atoms with Crippen LogP contribution in [-0.4, -0.2) is 45.7 Å². The highest BCUT2D eigenvalue weighted by Crippen LogP contribution is 2.26. The van der Waals surface area contributed by atoms with E-state index in [1.165, 1.54) is 11.3 Å². The molecule has 22 heavy (non-hydrogen) atoms. The molecule has 6 nitrogen and oxygen atoms in total. The Balaban J connectivity index is 1.81. The van der Waals surface area contributed by atoms with Crippen LogP contribution in [0.3, 0.4) is 0 Å². The van der Waals surface area contributed by atoms with Crippen molar-refractivity contribution >= 4 is 34.3 Å². The van der Waals surface area contributed by atoms with Crippen molar-refractivity contribution in [1.29, 1.82) is 0 Å². The van der Waals surface area contributed by atoms with Gasteiger partial charge in [-0.3, -0.25) is 0 Å². The molecule has 2 heterocycles. The Kier molecular flexibility index (Phi) is 4.79. The fraction of sp³-hybridized carbons (Fsp3) is 0.357. The summed E-state index contributed by atoms with van der Waals surface area (Å²) < 4.78 is 0. The summed E-state index contributed by atoms with van der Waals surface area (Å²) in [5.41, 5.74) is 6.66. The lowest BCUT2D eigenvalue weighted by Gasteiger charge is -2.28. The van der Waals surface area contributed by atoms with Gasteiger partial charge in [0.25, 0.3) is 0 Å². The lowest BCUT2D eigenvalue weighted by molar-refractivity contribution is 0.200. The van der Waals surface area contributed by atoms with Gasteiger partial charge < -0.3 is 16.0 Å². The summed E-state index contributed by atoms with van der Waals surface area (Å²) >= 11 is 3.17. The molecule has 1 aliphatic heterocycles. The quantitative estimate of drug-likeness (QED) is 0.896.